The molecule has 5 heteroatoms. The molecule has 0 saturated carbocycles. The Hall–Kier alpha value is -2.14. The number of hydrogen-bond donors (Lipinski definition) is 1. The smallest absolute Gasteiger partial charge is 0.328 e. The van der Waals surface area contributed by atoms with Gasteiger partial charge in [-0.1, -0.05) is 12.1 Å². The van der Waals surface area contributed by atoms with Gasteiger partial charge in [-0.2, -0.15) is 0 Å². The molecule has 0 radical (unpaired) electrons. The summed E-state index contributed by atoms with van der Waals surface area (Å²) in [6, 6.07) is 6.93. The van der Waals surface area contributed by atoms with Crippen LogP contribution in [-0.2, 0) is 9.53 Å². The SMILES string of the molecule is O=C(O)/C=C/c1cccc(C(=O)N2CCOCC2)c1. The van der Waals surface area contributed by atoms with Gasteiger partial charge in [0.25, 0.3) is 5.91 Å². The highest BCUT2D eigenvalue weighted by Crippen LogP contribution is 2.11. The van der Waals surface area contributed by atoms with Crippen LogP contribution in [0, 0.1) is 0 Å². The molecule has 1 amide bonds. The van der Waals surface area contributed by atoms with E-state index in [-0.39, 0.29) is 5.91 Å². The molecule has 1 saturated heterocycles. The van der Waals surface area contributed by atoms with E-state index >= 15 is 0 Å². The highest BCUT2D eigenvalue weighted by atomic mass is 16.5. The van der Waals surface area contributed by atoms with Gasteiger partial charge in [0.05, 0.1) is 13.2 Å². The zero-order valence-electron chi connectivity index (χ0n) is 10.4. The first-order chi connectivity index (χ1) is 9.16. The van der Waals surface area contributed by atoms with Crippen molar-refractivity contribution < 1.29 is 19.4 Å². The number of carbonyl (C=O) groups excluding carboxylic acids is 1. The van der Waals surface area contributed by atoms with Crippen LogP contribution in [-0.4, -0.2) is 48.2 Å². The van der Waals surface area contributed by atoms with Gasteiger partial charge in [-0.05, 0) is 23.8 Å². The second kappa shape index (κ2) is 6.15. The van der Waals surface area contributed by atoms with Crippen molar-refractivity contribution in [1.29, 1.82) is 0 Å². The normalized spacial score (nSPS) is 15.7. The van der Waals surface area contributed by atoms with Gasteiger partial charge < -0.3 is 14.7 Å². The lowest BCUT2D eigenvalue weighted by molar-refractivity contribution is -0.131. The molecule has 1 aromatic rings. The number of carboxylic acid groups (broad SMARTS) is 1. The number of morpholine rings is 1. The van der Waals surface area contributed by atoms with Crippen molar-refractivity contribution in [2.75, 3.05) is 26.3 Å². The van der Waals surface area contributed by atoms with E-state index in [0.717, 1.165) is 6.08 Å². The minimum Gasteiger partial charge on any atom is -0.478 e. The highest BCUT2D eigenvalue weighted by molar-refractivity contribution is 5.95. The molecular formula is C14H15NO4. The number of rotatable bonds is 3. The standard InChI is InChI=1S/C14H15NO4/c16-13(17)5-4-11-2-1-3-12(10-11)14(18)15-6-8-19-9-7-15/h1-5,10H,6-9H2,(H,16,17)/b5-4+. The Morgan fingerprint density at radius 1 is 1.26 bits per heavy atom. The van der Waals surface area contributed by atoms with Crippen LogP contribution in [0.5, 0.6) is 0 Å². The summed E-state index contributed by atoms with van der Waals surface area (Å²) in [6.07, 6.45) is 2.52. The van der Waals surface area contributed by atoms with Crippen LogP contribution in [0.2, 0.25) is 0 Å². The lowest BCUT2D eigenvalue weighted by Gasteiger charge is -2.26. The van der Waals surface area contributed by atoms with E-state index in [1.165, 1.54) is 6.08 Å². The number of benzene rings is 1. The Morgan fingerprint density at radius 3 is 2.68 bits per heavy atom. The predicted octanol–water partition coefficient (Wildman–Crippen LogP) is 1.26. The average Bonchev–Trinajstić information content (AvgIpc) is 2.45. The molecule has 1 heterocycles. The summed E-state index contributed by atoms with van der Waals surface area (Å²) in [5.74, 6) is -1.06. The summed E-state index contributed by atoms with van der Waals surface area (Å²) < 4.78 is 5.20. The zero-order valence-corrected chi connectivity index (χ0v) is 10.4. The number of amides is 1. The second-order valence-corrected chi connectivity index (χ2v) is 4.20. The zero-order chi connectivity index (χ0) is 13.7. The maximum atomic E-state index is 12.2. The molecule has 19 heavy (non-hydrogen) atoms. The first-order valence-corrected chi connectivity index (χ1v) is 6.05. The molecule has 0 unspecified atom stereocenters. The number of carboxylic acids is 1. The lowest BCUT2D eigenvalue weighted by Crippen LogP contribution is -2.40. The average molecular weight is 261 g/mol. The quantitative estimate of drug-likeness (QED) is 0.832. The summed E-state index contributed by atoms with van der Waals surface area (Å²) in [6.45, 7) is 2.30. The number of ether oxygens (including phenoxy) is 1. The van der Waals surface area contributed by atoms with Crippen molar-refractivity contribution >= 4 is 18.0 Å². The maximum absolute atomic E-state index is 12.2. The molecule has 0 bridgehead atoms. The van der Waals surface area contributed by atoms with Gasteiger partial charge in [0, 0.05) is 24.7 Å². The third kappa shape index (κ3) is 3.66. The summed E-state index contributed by atoms with van der Waals surface area (Å²) in [7, 11) is 0. The number of carbonyl (C=O) groups is 2. The van der Waals surface area contributed by atoms with E-state index in [2.05, 4.69) is 0 Å². The van der Waals surface area contributed by atoms with Crippen molar-refractivity contribution in [3.05, 3.63) is 41.5 Å². The second-order valence-electron chi connectivity index (χ2n) is 4.20. The fraction of sp³-hybridized carbons (Fsp3) is 0.286. The Bertz CT molecular complexity index is 504. The number of aliphatic carboxylic acids is 1. The Kier molecular flexibility index (Phi) is 4.30. The topological polar surface area (TPSA) is 66.8 Å². The Morgan fingerprint density at radius 2 is 2.00 bits per heavy atom. The first-order valence-electron chi connectivity index (χ1n) is 6.05. The highest BCUT2D eigenvalue weighted by Gasteiger charge is 2.18. The van der Waals surface area contributed by atoms with E-state index in [1.54, 1.807) is 29.2 Å². The van der Waals surface area contributed by atoms with Crippen molar-refractivity contribution in [2.45, 2.75) is 0 Å². The molecular weight excluding hydrogens is 246 g/mol. The molecule has 0 aromatic heterocycles. The van der Waals surface area contributed by atoms with Crippen molar-refractivity contribution in [2.24, 2.45) is 0 Å². The molecule has 100 valence electrons. The van der Waals surface area contributed by atoms with Crippen molar-refractivity contribution in [1.82, 2.24) is 4.90 Å². The van der Waals surface area contributed by atoms with Crippen LogP contribution in [0.15, 0.2) is 30.3 Å². The maximum Gasteiger partial charge on any atom is 0.328 e. The van der Waals surface area contributed by atoms with Gasteiger partial charge in [0.1, 0.15) is 0 Å². The van der Waals surface area contributed by atoms with Gasteiger partial charge in [-0.3, -0.25) is 4.79 Å². The van der Waals surface area contributed by atoms with Crippen molar-refractivity contribution in [3.8, 4) is 0 Å². The van der Waals surface area contributed by atoms with Crippen LogP contribution >= 0.6 is 0 Å². The molecule has 1 N–H and O–H groups in total. The molecule has 2 rings (SSSR count). The van der Waals surface area contributed by atoms with E-state index in [4.69, 9.17) is 9.84 Å². The number of nitrogens with zero attached hydrogens (tertiary/aromatic N) is 1. The molecule has 1 aliphatic rings. The number of hydrogen-bond acceptors (Lipinski definition) is 3. The van der Waals surface area contributed by atoms with Crippen molar-refractivity contribution in [3.63, 3.8) is 0 Å². The Labute approximate surface area is 111 Å². The van der Waals surface area contributed by atoms with Gasteiger partial charge in [0.15, 0.2) is 0 Å². The van der Waals surface area contributed by atoms with Gasteiger partial charge in [0.2, 0.25) is 0 Å². The Balaban J connectivity index is 2.13. The van der Waals surface area contributed by atoms with E-state index in [9.17, 15) is 9.59 Å². The summed E-state index contributed by atoms with van der Waals surface area (Å²) >= 11 is 0. The third-order valence-electron chi connectivity index (χ3n) is 2.85. The molecule has 1 aromatic carbocycles. The summed E-state index contributed by atoms with van der Waals surface area (Å²) in [5, 5.41) is 8.58. The van der Waals surface area contributed by atoms with E-state index < -0.39 is 5.97 Å². The van der Waals surface area contributed by atoms with E-state index in [1.807, 2.05) is 0 Å². The van der Waals surface area contributed by atoms with Gasteiger partial charge in [-0.15, -0.1) is 0 Å². The van der Waals surface area contributed by atoms with Crippen LogP contribution in [0.25, 0.3) is 6.08 Å². The molecule has 1 aliphatic heterocycles. The molecule has 1 fully saturated rings. The monoisotopic (exact) mass is 261 g/mol. The van der Waals surface area contributed by atoms with Gasteiger partial charge in [-0.25, -0.2) is 4.79 Å². The summed E-state index contributed by atoms with van der Waals surface area (Å²) in [5.41, 5.74) is 1.26. The van der Waals surface area contributed by atoms with E-state index in [0.29, 0.717) is 37.4 Å². The molecule has 0 atom stereocenters. The van der Waals surface area contributed by atoms with Crippen LogP contribution < -0.4 is 0 Å². The van der Waals surface area contributed by atoms with Crippen LogP contribution in [0.4, 0.5) is 0 Å². The first kappa shape index (κ1) is 13.3. The molecule has 0 spiro atoms. The fourth-order valence-corrected chi connectivity index (χ4v) is 1.89. The minimum absolute atomic E-state index is 0.0473. The van der Waals surface area contributed by atoms with Gasteiger partial charge >= 0.3 is 5.97 Å². The largest absolute Gasteiger partial charge is 0.478 e. The fourth-order valence-electron chi connectivity index (χ4n) is 1.89. The summed E-state index contributed by atoms with van der Waals surface area (Å²) in [4.78, 5) is 24.4. The third-order valence-corrected chi connectivity index (χ3v) is 2.85. The molecule has 5 nitrogen and oxygen atoms in total. The lowest BCUT2D eigenvalue weighted by atomic mass is 10.1. The minimum atomic E-state index is -1.01. The van der Waals surface area contributed by atoms with Crippen LogP contribution in [0.1, 0.15) is 15.9 Å². The van der Waals surface area contributed by atoms with Crippen LogP contribution in [0.3, 0.4) is 0 Å². The predicted molar refractivity (Wildman–Crippen MR) is 69.8 cm³/mol. The molecule has 0 aliphatic carbocycles.